The van der Waals surface area contributed by atoms with Gasteiger partial charge in [0, 0.05) is 29.6 Å². The van der Waals surface area contributed by atoms with E-state index in [0.717, 1.165) is 0 Å². The Morgan fingerprint density at radius 3 is 2.22 bits per heavy atom. The Morgan fingerprint density at radius 2 is 2.11 bits per heavy atom. The molecule has 0 aromatic rings. The van der Waals surface area contributed by atoms with Gasteiger partial charge in [-0.25, -0.2) is 0 Å². The zero-order valence-corrected chi connectivity index (χ0v) is 9.76. The number of hydrogen-bond donors (Lipinski definition) is 1. The van der Waals surface area contributed by atoms with Gasteiger partial charge in [0.2, 0.25) is 4.38 Å². The van der Waals surface area contributed by atoms with E-state index in [1.165, 1.54) is 0 Å². The van der Waals surface area contributed by atoms with Gasteiger partial charge in [0.05, 0.1) is 6.61 Å². The van der Waals surface area contributed by atoms with E-state index in [0.29, 0.717) is 16.9 Å². The molecule has 1 radical (unpaired) electrons. The van der Waals surface area contributed by atoms with Crippen molar-refractivity contribution in [3.05, 3.63) is 0 Å². The summed E-state index contributed by atoms with van der Waals surface area (Å²) < 4.78 is 5.23. The summed E-state index contributed by atoms with van der Waals surface area (Å²) in [4.78, 5) is 0. The fraction of sp³-hybridized carbons (Fsp3) is 0.800. The summed E-state index contributed by atoms with van der Waals surface area (Å²) in [6, 6.07) is 0. The summed E-state index contributed by atoms with van der Waals surface area (Å²) in [7, 11) is 0. The first-order valence-electron chi connectivity index (χ1n) is 2.48. The van der Waals surface area contributed by atoms with Gasteiger partial charge < -0.3 is 4.74 Å². The molecule has 0 aromatic carbocycles. The maximum atomic E-state index is 4.90. The molecule has 4 heteroatoms. The maximum Gasteiger partial charge on any atom is 0.216 e. The fourth-order valence-electron chi connectivity index (χ4n) is 0.238. The monoisotopic (exact) mass is 173 g/mol. The SMILES string of the molecule is CC(C)COC(=S)S.[Na]. The molecule has 0 aliphatic rings. The molecular weight excluding hydrogens is 163 g/mol. The van der Waals surface area contributed by atoms with Crippen molar-refractivity contribution in [1.29, 1.82) is 0 Å². The van der Waals surface area contributed by atoms with Crippen molar-refractivity contribution in [1.82, 2.24) is 0 Å². The number of hydrogen-bond acceptors (Lipinski definition) is 2. The number of thiol groups is 1. The van der Waals surface area contributed by atoms with Crippen molar-refractivity contribution in [2.75, 3.05) is 6.61 Å². The average Bonchev–Trinajstić information content (AvgIpc) is 1.61. The van der Waals surface area contributed by atoms with Crippen LogP contribution in [0.1, 0.15) is 13.8 Å². The topological polar surface area (TPSA) is 9.23 Å². The molecule has 0 aromatic heterocycles. The first-order valence-corrected chi connectivity index (χ1v) is 3.34. The van der Waals surface area contributed by atoms with E-state index in [9.17, 15) is 0 Å². The zero-order valence-electron chi connectivity index (χ0n) is 6.05. The Hall–Kier alpha value is 1.24. The molecule has 49 valence electrons. The van der Waals surface area contributed by atoms with E-state index in [4.69, 9.17) is 4.74 Å². The third-order valence-electron chi connectivity index (χ3n) is 0.540. The Morgan fingerprint density at radius 1 is 1.67 bits per heavy atom. The van der Waals surface area contributed by atoms with Crippen molar-refractivity contribution >= 4 is 58.8 Å². The van der Waals surface area contributed by atoms with Gasteiger partial charge in [0.1, 0.15) is 0 Å². The predicted octanol–water partition coefficient (Wildman–Crippen LogP) is 1.49. The Balaban J connectivity index is 0. The van der Waals surface area contributed by atoms with Crippen LogP contribution in [0.4, 0.5) is 0 Å². The molecule has 0 spiro atoms. The molecule has 0 atom stereocenters. The van der Waals surface area contributed by atoms with Crippen LogP contribution in [-0.2, 0) is 4.74 Å². The van der Waals surface area contributed by atoms with Crippen LogP contribution in [0.15, 0.2) is 0 Å². The molecule has 1 nitrogen and oxygen atoms in total. The van der Waals surface area contributed by atoms with Crippen molar-refractivity contribution < 1.29 is 4.74 Å². The van der Waals surface area contributed by atoms with Gasteiger partial charge in [-0.1, -0.05) is 26.5 Å². The van der Waals surface area contributed by atoms with Crippen LogP contribution in [-0.4, -0.2) is 40.5 Å². The molecule has 0 fully saturated rings. The van der Waals surface area contributed by atoms with Crippen LogP contribution in [0.3, 0.4) is 0 Å². The summed E-state index contributed by atoms with van der Waals surface area (Å²) in [5.74, 6) is 0.528. The van der Waals surface area contributed by atoms with Crippen LogP contribution in [0.5, 0.6) is 0 Å². The van der Waals surface area contributed by atoms with Gasteiger partial charge in [-0.05, 0) is 18.1 Å². The van der Waals surface area contributed by atoms with E-state index < -0.39 is 0 Å². The molecule has 0 rings (SSSR count). The predicted molar refractivity (Wildman–Crippen MR) is 48.1 cm³/mol. The zero-order chi connectivity index (χ0) is 6.57. The van der Waals surface area contributed by atoms with Crippen LogP contribution < -0.4 is 0 Å². The molecule has 0 bridgehead atoms. The molecule has 0 aliphatic heterocycles. The summed E-state index contributed by atoms with van der Waals surface area (Å²) in [6.45, 7) is 4.79. The van der Waals surface area contributed by atoms with Crippen molar-refractivity contribution in [3.63, 3.8) is 0 Å². The minimum absolute atomic E-state index is 0. The number of thiocarbonyl (C=S) groups is 1. The van der Waals surface area contributed by atoms with Crippen LogP contribution in [0.25, 0.3) is 0 Å². The van der Waals surface area contributed by atoms with Gasteiger partial charge in [-0.15, -0.1) is 0 Å². The second-order valence-electron chi connectivity index (χ2n) is 1.97. The molecular formula is C5H10NaOS2. The standard InChI is InChI=1S/C5H10OS2.Na/c1-4(2)3-6-5(7)8;/h4H,3H2,1-2H3,(H,7,8);. The van der Waals surface area contributed by atoms with Gasteiger partial charge >= 0.3 is 0 Å². The molecule has 0 amide bonds. The molecule has 0 unspecified atom stereocenters. The number of rotatable bonds is 2. The Bertz CT molecular complexity index is 85.0. The molecule has 9 heavy (non-hydrogen) atoms. The first kappa shape index (κ1) is 12.9. The number of ether oxygens (including phenoxy) is 1. The normalized spacial score (nSPS) is 8.44. The fourth-order valence-corrected chi connectivity index (χ4v) is 0.381. The van der Waals surface area contributed by atoms with E-state index in [2.05, 4.69) is 38.7 Å². The third kappa shape index (κ3) is 12.4. The van der Waals surface area contributed by atoms with E-state index in [1.54, 1.807) is 0 Å². The Kier molecular flexibility index (Phi) is 10.5. The Labute approximate surface area is 89.2 Å². The van der Waals surface area contributed by atoms with Crippen LogP contribution >= 0.6 is 24.8 Å². The van der Waals surface area contributed by atoms with E-state index in [-0.39, 0.29) is 29.6 Å². The first-order chi connectivity index (χ1) is 3.63. The second kappa shape index (κ2) is 7.35. The van der Waals surface area contributed by atoms with Crippen LogP contribution in [0.2, 0.25) is 0 Å². The maximum absolute atomic E-state index is 4.90. The van der Waals surface area contributed by atoms with Gasteiger partial charge in [0.25, 0.3) is 0 Å². The quantitative estimate of drug-likeness (QED) is 0.385. The van der Waals surface area contributed by atoms with Crippen molar-refractivity contribution in [2.45, 2.75) is 13.8 Å². The molecule has 0 saturated carbocycles. The summed E-state index contributed by atoms with van der Waals surface area (Å²) in [5.41, 5.74) is 0. The van der Waals surface area contributed by atoms with Gasteiger partial charge in [-0.2, -0.15) is 0 Å². The minimum atomic E-state index is 0. The largest absolute Gasteiger partial charge is 0.478 e. The smallest absolute Gasteiger partial charge is 0.216 e. The molecule has 0 saturated heterocycles. The molecule has 0 aliphatic carbocycles. The summed E-state index contributed by atoms with van der Waals surface area (Å²) >= 11 is 8.34. The van der Waals surface area contributed by atoms with E-state index in [1.807, 2.05) is 0 Å². The van der Waals surface area contributed by atoms with Gasteiger partial charge in [-0.3, -0.25) is 0 Å². The summed E-state index contributed by atoms with van der Waals surface area (Å²) in [5, 5.41) is 0. The third-order valence-corrected chi connectivity index (χ3v) is 0.787. The average molecular weight is 173 g/mol. The van der Waals surface area contributed by atoms with Gasteiger partial charge in [0.15, 0.2) is 0 Å². The second-order valence-corrected chi connectivity index (χ2v) is 3.05. The summed E-state index contributed by atoms with van der Waals surface area (Å²) in [6.07, 6.45) is 0. The van der Waals surface area contributed by atoms with E-state index >= 15 is 0 Å². The molecule has 0 N–H and O–H groups in total. The van der Waals surface area contributed by atoms with Crippen molar-refractivity contribution in [3.8, 4) is 0 Å². The van der Waals surface area contributed by atoms with Crippen molar-refractivity contribution in [2.24, 2.45) is 5.92 Å². The van der Waals surface area contributed by atoms with Crippen LogP contribution in [0, 0.1) is 5.92 Å². The minimum Gasteiger partial charge on any atom is -0.478 e. The molecule has 0 heterocycles.